The molecule has 0 aliphatic heterocycles. The van der Waals surface area contributed by atoms with Crippen molar-refractivity contribution in [1.29, 1.82) is 0 Å². The van der Waals surface area contributed by atoms with Crippen LogP contribution in [0.3, 0.4) is 0 Å². The monoisotopic (exact) mass is 204 g/mol. The molecule has 74 valence electrons. The van der Waals surface area contributed by atoms with E-state index in [1.165, 1.54) is 12.1 Å². The number of hydrogen-bond donors (Lipinski definition) is 3. The summed E-state index contributed by atoms with van der Waals surface area (Å²) in [5.74, 6) is 0.643. The van der Waals surface area contributed by atoms with Gasteiger partial charge >= 0.3 is 76.2 Å². The van der Waals surface area contributed by atoms with Crippen LogP contribution in [0.15, 0.2) is 24.3 Å². The molecule has 0 saturated heterocycles. The predicted octanol–water partition coefficient (Wildman–Crippen LogP) is 0.182. The summed E-state index contributed by atoms with van der Waals surface area (Å²) in [6.45, 7) is 2.41. The third kappa shape index (κ3) is 2.94. The average molecular weight is 204 g/mol. The fraction of sp³-hybridized carbons (Fsp3) is 0.250. The van der Waals surface area contributed by atoms with E-state index >= 15 is 0 Å². The van der Waals surface area contributed by atoms with Crippen LogP contribution in [0.4, 0.5) is 0 Å². The molecule has 1 aromatic rings. The Labute approximate surface area is 77.0 Å². The summed E-state index contributed by atoms with van der Waals surface area (Å²) in [5.41, 5.74) is 0. The second-order valence-electron chi connectivity index (χ2n) is 2.59. The van der Waals surface area contributed by atoms with Crippen LogP contribution < -0.4 is 10.0 Å². The minimum absolute atomic E-state index is 0.149. The molecule has 0 amide bonds. The molecule has 0 fully saturated rings. The molecule has 0 aromatic heterocycles. The SMILES string of the molecule is CCOc1ccc([PH](O)(O)O)cc1. The quantitative estimate of drug-likeness (QED) is 0.614. The van der Waals surface area contributed by atoms with Crippen molar-refractivity contribution in [2.24, 2.45) is 0 Å². The summed E-state index contributed by atoms with van der Waals surface area (Å²) in [7, 11) is -4.13. The first-order valence-corrected chi connectivity index (χ1v) is 5.78. The number of benzene rings is 1. The zero-order valence-electron chi connectivity index (χ0n) is 7.27. The number of ether oxygens (including phenoxy) is 1. The van der Waals surface area contributed by atoms with Crippen LogP contribution in [0.2, 0.25) is 0 Å². The Kier molecular flexibility index (Phi) is 3.22. The second-order valence-corrected chi connectivity index (χ2v) is 4.44. The molecule has 0 aliphatic carbocycles. The Morgan fingerprint density at radius 2 is 1.69 bits per heavy atom. The van der Waals surface area contributed by atoms with Gasteiger partial charge in [0.15, 0.2) is 0 Å². The number of rotatable bonds is 3. The van der Waals surface area contributed by atoms with Crippen LogP contribution in [0, 0.1) is 0 Å². The molecule has 0 saturated carbocycles. The first-order chi connectivity index (χ1) is 6.04. The first kappa shape index (κ1) is 10.4. The van der Waals surface area contributed by atoms with Crippen molar-refractivity contribution in [3.05, 3.63) is 24.3 Å². The van der Waals surface area contributed by atoms with Crippen molar-refractivity contribution in [2.75, 3.05) is 6.61 Å². The molecule has 0 radical (unpaired) electrons. The van der Waals surface area contributed by atoms with Gasteiger partial charge in [-0.25, -0.2) is 0 Å². The molecule has 0 unspecified atom stereocenters. The molecular weight excluding hydrogens is 191 g/mol. The third-order valence-electron chi connectivity index (χ3n) is 1.55. The normalized spacial score (nSPS) is 12.6. The van der Waals surface area contributed by atoms with E-state index < -0.39 is 7.94 Å². The van der Waals surface area contributed by atoms with Crippen molar-refractivity contribution >= 4 is 13.2 Å². The second kappa shape index (κ2) is 4.03. The molecule has 0 heterocycles. The maximum absolute atomic E-state index is 8.92. The molecule has 0 bridgehead atoms. The molecule has 13 heavy (non-hydrogen) atoms. The van der Waals surface area contributed by atoms with Gasteiger partial charge in [0, 0.05) is 0 Å². The Hall–Kier alpha value is -0.670. The Bertz CT molecular complexity index is 264. The van der Waals surface area contributed by atoms with Gasteiger partial charge in [0.1, 0.15) is 0 Å². The van der Waals surface area contributed by atoms with Crippen LogP contribution in [-0.2, 0) is 0 Å². The van der Waals surface area contributed by atoms with E-state index in [0.29, 0.717) is 12.4 Å². The minimum atomic E-state index is -4.13. The van der Waals surface area contributed by atoms with E-state index in [9.17, 15) is 0 Å². The van der Waals surface area contributed by atoms with Gasteiger partial charge in [-0.1, -0.05) is 0 Å². The van der Waals surface area contributed by atoms with E-state index in [0.717, 1.165) is 0 Å². The van der Waals surface area contributed by atoms with E-state index in [1.807, 2.05) is 6.92 Å². The molecule has 0 atom stereocenters. The molecular formula is C8H13O4P. The van der Waals surface area contributed by atoms with Gasteiger partial charge in [-0.3, -0.25) is 0 Å². The summed E-state index contributed by atoms with van der Waals surface area (Å²) in [5, 5.41) is 0.149. The van der Waals surface area contributed by atoms with Crippen molar-refractivity contribution in [3.8, 4) is 5.75 Å². The molecule has 3 N–H and O–H groups in total. The van der Waals surface area contributed by atoms with Crippen LogP contribution in [0.5, 0.6) is 5.75 Å². The first-order valence-electron chi connectivity index (χ1n) is 3.94. The summed E-state index contributed by atoms with van der Waals surface area (Å²) in [6, 6.07) is 6.06. The van der Waals surface area contributed by atoms with Crippen molar-refractivity contribution < 1.29 is 19.4 Å². The molecule has 5 heteroatoms. The maximum atomic E-state index is 8.92. The van der Waals surface area contributed by atoms with Gasteiger partial charge in [-0.05, 0) is 0 Å². The van der Waals surface area contributed by atoms with Gasteiger partial charge in [0.25, 0.3) is 0 Å². The Balaban J connectivity index is 2.81. The van der Waals surface area contributed by atoms with Crippen molar-refractivity contribution in [1.82, 2.24) is 0 Å². The third-order valence-corrected chi connectivity index (χ3v) is 2.66. The number of hydrogen-bond acceptors (Lipinski definition) is 4. The molecule has 1 aromatic carbocycles. The summed E-state index contributed by atoms with van der Waals surface area (Å²) < 4.78 is 5.14. The zero-order valence-corrected chi connectivity index (χ0v) is 8.27. The fourth-order valence-electron chi connectivity index (χ4n) is 0.941. The van der Waals surface area contributed by atoms with Gasteiger partial charge in [0.2, 0.25) is 0 Å². The van der Waals surface area contributed by atoms with Crippen LogP contribution in [-0.4, -0.2) is 21.3 Å². The van der Waals surface area contributed by atoms with Gasteiger partial charge in [-0.15, -0.1) is 0 Å². The summed E-state index contributed by atoms with van der Waals surface area (Å²) in [4.78, 5) is 26.8. The molecule has 4 nitrogen and oxygen atoms in total. The summed E-state index contributed by atoms with van der Waals surface area (Å²) in [6.07, 6.45) is 0. The summed E-state index contributed by atoms with van der Waals surface area (Å²) >= 11 is 0. The predicted molar refractivity (Wildman–Crippen MR) is 52.2 cm³/mol. The van der Waals surface area contributed by atoms with Crippen molar-refractivity contribution in [2.45, 2.75) is 6.92 Å². The molecule has 0 spiro atoms. The van der Waals surface area contributed by atoms with Crippen LogP contribution in [0.1, 0.15) is 6.92 Å². The average Bonchev–Trinajstić information content (AvgIpc) is 2.04. The van der Waals surface area contributed by atoms with Crippen molar-refractivity contribution in [3.63, 3.8) is 0 Å². The van der Waals surface area contributed by atoms with Gasteiger partial charge in [-0.2, -0.15) is 0 Å². The van der Waals surface area contributed by atoms with E-state index in [1.54, 1.807) is 12.1 Å². The fourth-order valence-corrected chi connectivity index (χ4v) is 1.56. The van der Waals surface area contributed by atoms with E-state index in [2.05, 4.69) is 0 Å². The Morgan fingerprint density at radius 3 is 2.08 bits per heavy atom. The van der Waals surface area contributed by atoms with Crippen LogP contribution in [0.25, 0.3) is 0 Å². The van der Waals surface area contributed by atoms with Gasteiger partial charge in [0.05, 0.1) is 0 Å². The Morgan fingerprint density at radius 1 is 1.15 bits per heavy atom. The van der Waals surface area contributed by atoms with Gasteiger partial charge < -0.3 is 0 Å². The topological polar surface area (TPSA) is 69.9 Å². The van der Waals surface area contributed by atoms with Crippen LogP contribution >= 0.6 is 7.94 Å². The zero-order chi connectivity index (χ0) is 9.90. The molecule has 0 aliphatic rings. The standard InChI is InChI=1S/C8H13O4P/c1-2-12-7-3-5-8(6-4-7)13(9,10)11/h3-6,9-11,13H,2H2,1H3. The molecule has 1 rings (SSSR count). The van der Waals surface area contributed by atoms with E-state index in [-0.39, 0.29) is 5.30 Å². The van der Waals surface area contributed by atoms with E-state index in [4.69, 9.17) is 19.4 Å².